The lowest BCUT2D eigenvalue weighted by molar-refractivity contribution is -0.120. The van der Waals surface area contributed by atoms with Crippen LogP contribution in [0.15, 0.2) is 58.8 Å². The van der Waals surface area contributed by atoms with E-state index in [0.717, 1.165) is 60.5 Å². The summed E-state index contributed by atoms with van der Waals surface area (Å²) in [6, 6.07) is 11.8. The molecule has 0 spiro atoms. The van der Waals surface area contributed by atoms with Gasteiger partial charge >= 0.3 is 0 Å². The molecule has 0 saturated heterocycles. The lowest BCUT2D eigenvalue weighted by Crippen LogP contribution is -2.25. The molecule has 158 valence electrons. The monoisotopic (exact) mass is 468 g/mol. The van der Waals surface area contributed by atoms with Gasteiger partial charge in [-0.1, -0.05) is 33.7 Å². The molecule has 0 unspecified atom stereocenters. The Labute approximate surface area is 189 Å². The topological polar surface area (TPSA) is 66.9 Å². The van der Waals surface area contributed by atoms with Crippen molar-refractivity contribution in [3.05, 3.63) is 48.8 Å². The Bertz CT molecular complexity index is 664. The molecular weight excluding hydrogens is 441 g/mol. The standard InChI is InChI=1S/C20H28N4OS4/c25-18(10-17-27-29-20-9-2-4-15-24-20)22-13-6-5-11-21-12-7-16-26-28-19-8-1-3-14-23-19/h1-4,8-9,14-15,21H,5-7,10-13,16-17H2,(H,22,25). The highest BCUT2D eigenvalue weighted by Crippen LogP contribution is 2.29. The maximum Gasteiger partial charge on any atom is 0.220 e. The molecule has 2 rings (SSSR count). The average molecular weight is 469 g/mol. The zero-order chi connectivity index (χ0) is 20.4. The fourth-order valence-corrected chi connectivity index (χ4v) is 6.04. The largest absolute Gasteiger partial charge is 0.356 e. The zero-order valence-corrected chi connectivity index (χ0v) is 19.7. The third-order valence-electron chi connectivity index (χ3n) is 3.66. The second-order valence-electron chi connectivity index (χ2n) is 6.06. The normalized spacial score (nSPS) is 10.8. The van der Waals surface area contributed by atoms with Gasteiger partial charge in [0.25, 0.3) is 0 Å². The quantitative estimate of drug-likeness (QED) is 0.266. The van der Waals surface area contributed by atoms with E-state index in [9.17, 15) is 4.79 Å². The van der Waals surface area contributed by atoms with Crippen LogP contribution < -0.4 is 10.6 Å². The van der Waals surface area contributed by atoms with Crippen LogP contribution in [0.1, 0.15) is 25.7 Å². The molecule has 0 atom stereocenters. The number of carbonyl (C=O) groups is 1. The van der Waals surface area contributed by atoms with Crippen LogP contribution in [0, 0.1) is 0 Å². The molecule has 2 aromatic rings. The molecule has 0 aromatic carbocycles. The molecule has 0 bridgehead atoms. The van der Waals surface area contributed by atoms with Crippen molar-refractivity contribution in [3.63, 3.8) is 0 Å². The minimum Gasteiger partial charge on any atom is -0.356 e. The average Bonchev–Trinajstić information content (AvgIpc) is 2.76. The van der Waals surface area contributed by atoms with Gasteiger partial charge < -0.3 is 10.6 Å². The van der Waals surface area contributed by atoms with Crippen molar-refractivity contribution in [2.45, 2.75) is 35.7 Å². The second kappa shape index (κ2) is 16.9. The van der Waals surface area contributed by atoms with Crippen molar-refractivity contribution >= 4 is 49.1 Å². The molecule has 0 aliphatic heterocycles. The van der Waals surface area contributed by atoms with Crippen molar-refractivity contribution in [1.82, 2.24) is 20.6 Å². The van der Waals surface area contributed by atoms with Gasteiger partial charge in [0.2, 0.25) is 5.91 Å². The van der Waals surface area contributed by atoms with Crippen molar-refractivity contribution < 1.29 is 4.79 Å². The van der Waals surface area contributed by atoms with Crippen LogP contribution in [-0.4, -0.2) is 47.0 Å². The summed E-state index contributed by atoms with van der Waals surface area (Å²) in [6.45, 7) is 2.80. The van der Waals surface area contributed by atoms with E-state index in [1.54, 1.807) is 38.6 Å². The van der Waals surface area contributed by atoms with Crippen LogP contribution in [-0.2, 0) is 4.79 Å². The number of unbranched alkanes of at least 4 members (excludes halogenated alkanes) is 1. The van der Waals surface area contributed by atoms with E-state index in [-0.39, 0.29) is 5.91 Å². The maximum atomic E-state index is 11.8. The Kier molecular flexibility index (Phi) is 14.2. The molecule has 29 heavy (non-hydrogen) atoms. The van der Waals surface area contributed by atoms with Crippen molar-refractivity contribution in [3.8, 4) is 0 Å². The van der Waals surface area contributed by atoms with Gasteiger partial charge in [0, 0.05) is 36.9 Å². The molecular formula is C20H28N4OS4. The molecule has 2 N–H and O–H groups in total. The van der Waals surface area contributed by atoms with Gasteiger partial charge in [0.1, 0.15) is 10.1 Å². The molecule has 0 aliphatic carbocycles. The number of carbonyl (C=O) groups excluding carboxylic acids is 1. The van der Waals surface area contributed by atoms with Gasteiger partial charge in [-0.15, -0.1) is 0 Å². The summed E-state index contributed by atoms with van der Waals surface area (Å²) in [5.74, 6) is 2.04. The minimum absolute atomic E-state index is 0.134. The lowest BCUT2D eigenvalue weighted by Gasteiger charge is -2.06. The van der Waals surface area contributed by atoms with Crippen LogP contribution in [0.2, 0.25) is 0 Å². The van der Waals surface area contributed by atoms with Crippen LogP contribution in [0.4, 0.5) is 0 Å². The first-order valence-electron chi connectivity index (χ1n) is 9.73. The first-order chi connectivity index (χ1) is 14.3. The SMILES string of the molecule is O=C(CCSSc1ccccn1)NCCCCNCCCSSc1ccccn1. The van der Waals surface area contributed by atoms with Gasteiger partial charge in [-0.25, -0.2) is 9.97 Å². The number of nitrogens with zero attached hydrogens (tertiary/aromatic N) is 2. The number of nitrogens with one attached hydrogen (secondary N) is 2. The first-order valence-corrected chi connectivity index (χ1v) is 14.4. The van der Waals surface area contributed by atoms with Gasteiger partial charge in [0.15, 0.2) is 0 Å². The molecule has 1 amide bonds. The molecule has 2 heterocycles. The number of hydrogen-bond donors (Lipinski definition) is 2. The molecule has 5 nitrogen and oxygen atoms in total. The fraction of sp³-hybridized carbons (Fsp3) is 0.450. The predicted molar refractivity (Wildman–Crippen MR) is 129 cm³/mol. The van der Waals surface area contributed by atoms with Gasteiger partial charge in [-0.3, -0.25) is 4.79 Å². The van der Waals surface area contributed by atoms with Crippen LogP contribution in [0.25, 0.3) is 0 Å². The van der Waals surface area contributed by atoms with E-state index in [2.05, 4.69) is 20.6 Å². The summed E-state index contributed by atoms with van der Waals surface area (Å²) in [5.41, 5.74) is 0. The first kappa shape index (κ1) is 24.4. The summed E-state index contributed by atoms with van der Waals surface area (Å²) >= 11 is 0. The van der Waals surface area contributed by atoms with Crippen molar-refractivity contribution in [1.29, 1.82) is 0 Å². The van der Waals surface area contributed by atoms with E-state index in [4.69, 9.17) is 0 Å². The molecule has 0 aliphatic rings. The Balaban J connectivity index is 1.31. The van der Waals surface area contributed by atoms with Gasteiger partial charge in [0.05, 0.1) is 0 Å². The van der Waals surface area contributed by atoms with E-state index in [1.807, 2.05) is 53.4 Å². The Morgan fingerprint density at radius 2 is 1.41 bits per heavy atom. The second-order valence-corrected chi connectivity index (χ2v) is 10.9. The summed E-state index contributed by atoms with van der Waals surface area (Å²) in [7, 11) is 6.87. The number of hydrogen-bond acceptors (Lipinski definition) is 8. The highest BCUT2D eigenvalue weighted by Gasteiger charge is 2.02. The van der Waals surface area contributed by atoms with Crippen molar-refractivity contribution in [2.24, 2.45) is 0 Å². The zero-order valence-electron chi connectivity index (χ0n) is 16.4. The third-order valence-corrected chi connectivity index (χ3v) is 8.28. The summed E-state index contributed by atoms with van der Waals surface area (Å²) in [5, 5.41) is 8.52. The van der Waals surface area contributed by atoms with Crippen LogP contribution in [0.5, 0.6) is 0 Å². The number of amides is 1. The van der Waals surface area contributed by atoms with E-state index < -0.39 is 0 Å². The third kappa shape index (κ3) is 13.1. The molecule has 0 radical (unpaired) electrons. The Morgan fingerprint density at radius 3 is 2.07 bits per heavy atom. The molecule has 2 aromatic heterocycles. The summed E-state index contributed by atoms with van der Waals surface area (Å²) in [6.07, 6.45) is 7.41. The van der Waals surface area contributed by atoms with Gasteiger partial charge in [-0.05, 0) is 78.2 Å². The minimum atomic E-state index is 0.134. The number of rotatable bonds is 16. The van der Waals surface area contributed by atoms with E-state index >= 15 is 0 Å². The Hall–Kier alpha value is -0.870. The molecule has 9 heteroatoms. The smallest absolute Gasteiger partial charge is 0.220 e. The fourth-order valence-electron chi connectivity index (χ4n) is 2.20. The highest BCUT2D eigenvalue weighted by molar-refractivity contribution is 8.77. The summed E-state index contributed by atoms with van der Waals surface area (Å²) < 4.78 is 0. The lowest BCUT2D eigenvalue weighted by atomic mass is 10.3. The number of aromatic nitrogens is 2. The van der Waals surface area contributed by atoms with Crippen molar-refractivity contribution in [2.75, 3.05) is 31.1 Å². The highest BCUT2D eigenvalue weighted by atomic mass is 33.1. The van der Waals surface area contributed by atoms with Crippen LogP contribution in [0.3, 0.4) is 0 Å². The van der Waals surface area contributed by atoms with Crippen LogP contribution >= 0.6 is 43.2 Å². The maximum absolute atomic E-state index is 11.8. The Morgan fingerprint density at radius 1 is 0.793 bits per heavy atom. The van der Waals surface area contributed by atoms with Gasteiger partial charge in [-0.2, -0.15) is 0 Å². The summed E-state index contributed by atoms with van der Waals surface area (Å²) in [4.78, 5) is 20.4. The molecule has 0 fully saturated rings. The van der Waals surface area contributed by atoms with E-state index in [1.165, 1.54) is 0 Å². The predicted octanol–water partition coefficient (Wildman–Crippen LogP) is 4.92. The number of pyridine rings is 2. The van der Waals surface area contributed by atoms with E-state index in [0.29, 0.717) is 6.42 Å². The molecule has 0 saturated carbocycles.